The van der Waals surface area contributed by atoms with Crippen LogP contribution in [0.1, 0.15) is 44.7 Å². The van der Waals surface area contributed by atoms with Gasteiger partial charge in [0.2, 0.25) is 0 Å². The quantitative estimate of drug-likeness (QED) is 0.730. The predicted molar refractivity (Wildman–Crippen MR) is 114 cm³/mol. The van der Waals surface area contributed by atoms with Gasteiger partial charge >= 0.3 is 5.97 Å². The Kier molecular flexibility index (Phi) is 6.72. The SMILES string of the molecule is COC(=O)c1cc(C)c(NC(=O)c2cc(N3CCC[C@H](CO)C3)ccc2F)c(C)c1. The number of aryl methyl sites for hydroxylation is 2. The Morgan fingerprint density at radius 3 is 2.57 bits per heavy atom. The van der Waals surface area contributed by atoms with Gasteiger partial charge < -0.3 is 20.1 Å². The molecule has 1 fully saturated rings. The number of carbonyl (C=O) groups is 2. The first-order valence-corrected chi connectivity index (χ1v) is 10.00. The van der Waals surface area contributed by atoms with Gasteiger partial charge in [0.25, 0.3) is 5.91 Å². The summed E-state index contributed by atoms with van der Waals surface area (Å²) in [6.45, 7) is 5.13. The number of halogens is 1. The number of piperidine rings is 1. The zero-order chi connectivity index (χ0) is 21.8. The molecule has 0 unspecified atom stereocenters. The molecule has 0 bridgehead atoms. The van der Waals surface area contributed by atoms with Crippen molar-refractivity contribution in [2.75, 3.05) is 37.0 Å². The first kappa shape index (κ1) is 21.8. The summed E-state index contributed by atoms with van der Waals surface area (Å²) in [6.07, 6.45) is 1.90. The number of amides is 1. The third-order valence-electron chi connectivity index (χ3n) is 5.53. The van der Waals surface area contributed by atoms with Crippen molar-refractivity contribution in [3.05, 3.63) is 58.4 Å². The van der Waals surface area contributed by atoms with E-state index in [1.54, 1.807) is 38.1 Å². The fourth-order valence-electron chi connectivity index (χ4n) is 3.91. The van der Waals surface area contributed by atoms with Crippen LogP contribution in [0.25, 0.3) is 0 Å². The molecule has 1 atom stereocenters. The van der Waals surface area contributed by atoms with E-state index in [0.717, 1.165) is 25.1 Å². The lowest BCUT2D eigenvalue weighted by molar-refractivity contribution is 0.0600. The molecule has 7 heteroatoms. The number of ether oxygens (including phenoxy) is 1. The molecule has 6 nitrogen and oxygen atoms in total. The van der Waals surface area contributed by atoms with Crippen molar-refractivity contribution in [3.63, 3.8) is 0 Å². The van der Waals surface area contributed by atoms with Gasteiger partial charge in [-0.25, -0.2) is 9.18 Å². The van der Waals surface area contributed by atoms with Gasteiger partial charge in [-0.1, -0.05) is 0 Å². The van der Waals surface area contributed by atoms with E-state index in [0.29, 0.717) is 28.9 Å². The highest BCUT2D eigenvalue weighted by Crippen LogP contribution is 2.27. The summed E-state index contributed by atoms with van der Waals surface area (Å²) >= 11 is 0. The van der Waals surface area contributed by atoms with Crippen molar-refractivity contribution in [3.8, 4) is 0 Å². The molecule has 1 saturated heterocycles. The molecule has 0 spiro atoms. The van der Waals surface area contributed by atoms with E-state index in [4.69, 9.17) is 4.74 Å². The number of methoxy groups -OCH3 is 1. The fraction of sp³-hybridized carbons (Fsp3) is 0.391. The van der Waals surface area contributed by atoms with Crippen LogP contribution in [0.3, 0.4) is 0 Å². The van der Waals surface area contributed by atoms with Crippen LogP contribution in [-0.4, -0.2) is 43.8 Å². The van der Waals surface area contributed by atoms with Crippen LogP contribution in [0.4, 0.5) is 15.8 Å². The highest BCUT2D eigenvalue weighted by Gasteiger charge is 2.22. The maximum atomic E-state index is 14.5. The molecule has 30 heavy (non-hydrogen) atoms. The Morgan fingerprint density at radius 2 is 1.93 bits per heavy atom. The van der Waals surface area contributed by atoms with Crippen molar-refractivity contribution in [2.24, 2.45) is 5.92 Å². The zero-order valence-corrected chi connectivity index (χ0v) is 17.5. The Bertz CT molecular complexity index is 937. The minimum Gasteiger partial charge on any atom is -0.465 e. The summed E-state index contributed by atoms with van der Waals surface area (Å²) in [7, 11) is 1.31. The molecule has 3 rings (SSSR count). The second kappa shape index (κ2) is 9.26. The monoisotopic (exact) mass is 414 g/mol. The Balaban J connectivity index is 1.84. The van der Waals surface area contributed by atoms with E-state index in [1.165, 1.54) is 13.2 Å². The van der Waals surface area contributed by atoms with Crippen molar-refractivity contribution < 1.29 is 23.8 Å². The topological polar surface area (TPSA) is 78.9 Å². The maximum absolute atomic E-state index is 14.5. The van der Waals surface area contributed by atoms with Crippen LogP contribution in [-0.2, 0) is 4.74 Å². The molecule has 160 valence electrons. The lowest BCUT2D eigenvalue weighted by atomic mass is 9.98. The summed E-state index contributed by atoms with van der Waals surface area (Å²) in [5, 5.41) is 12.2. The number of nitrogens with one attached hydrogen (secondary N) is 1. The summed E-state index contributed by atoms with van der Waals surface area (Å²) in [5.74, 6) is -1.43. The molecule has 1 amide bonds. The van der Waals surface area contributed by atoms with Crippen molar-refractivity contribution in [2.45, 2.75) is 26.7 Å². The van der Waals surface area contributed by atoms with Crippen molar-refractivity contribution in [1.29, 1.82) is 0 Å². The smallest absolute Gasteiger partial charge is 0.337 e. The lowest BCUT2D eigenvalue weighted by Crippen LogP contribution is -2.37. The van der Waals surface area contributed by atoms with E-state index in [-0.39, 0.29) is 18.1 Å². The highest BCUT2D eigenvalue weighted by molar-refractivity contribution is 6.06. The average molecular weight is 414 g/mol. The Morgan fingerprint density at radius 1 is 1.23 bits per heavy atom. The van der Waals surface area contributed by atoms with Gasteiger partial charge in [0.05, 0.1) is 18.2 Å². The second-order valence-corrected chi connectivity index (χ2v) is 7.73. The number of nitrogens with zero attached hydrogens (tertiary/aromatic N) is 1. The summed E-state index contributed by atoms with van der Waals surface area (Å²) in [6, 6.07) is 7.77. The van der Waals surface area contributed by atoms with Gasteiger partial charge in [0.1, 0.15) is 5.82 Å². The maximum Gasteiger partial charge on any atom is 0.337 e. The lowest BCUT2D eigenvalue weighted by Gasteiger charge is -2.33. The first-order chi connectivity index (χ1) is 14.3. The zero-order valence-electron chi connectivity index (χ0n) is 17.5. The largest absolute Gasteiger partial charge is 0.465 e. The van der Waals surface area contributed by atoms with Crippen LogP contribution < -0.4 is 10.2 Å². The number of rotatable bonds is 5. The number of aliphatic hydroxyl groups is 1. The van der Waals surface area contributed by atoms with Gasteiger partial charge in [0, 0.05) is 31.1 Å². The third kappa shape index (κ3) is 4.62. The van der Waals surface area contributed by atoms with Crippen LogP contribution in [0, 0.1) is 25.6 Å². The number of esters is 1. The minimum absolute atomic E-state index is 0.0468. The molecule has 0 aliphatic carbocycles. The van der Waals surface area contributed by atoms with Crippen molar-refractivity contribution in [1.82, 2.24) is 0 Å². The predicted octanol–water partition coefficient (Wildman–Crippen LogP) is 3.69. The highest BCUT2D eigenvalue weighted by atomic mass is 19.1. The fourth-order valence-corrected chi connectivity index (χ4v) is 3.91. The van der Waals surface area contributed by atoms with Crippen LogP contribution in [0.2, 0.25) is 0 Å². The molecule has 2 aromatic rings. The molecule has 1 aliphatic heterocycles. The number of anilines is 2. The van der Waals surface area contributed by atoms with Gasteiger partial charge in [-0.15, -0.1) is 0 Å². The van der Waals surface area contributed by atoms with Crippen LogP contribution in [0.15, 0.2) is 30.3 Å². The van der Waals surface area contributed by atoms with Gasteiger partial charge in [0.15, 0.2) is 0 Å². The number of benzene rings is 2. The minimum atomic E-state index is -0.603. The summed E-state index contributed by atoms with van der Waals surface area (Å²) < 4.78 is 19.2. The van der Waals surface area contributed by atoms with E-state index in [9.17, 15) is 19.1 Å². The molecule has 0 aromatic heterocycles. The van der Waals surface area contributed by atoms with Crippen molar-refractivity contribution >= 4 is 23.3 Å². The second-order valence-electron chi connectivity index (χ2n) is 7.73. The number of aliphatic hydroxyl groups excluding tert-OH is 1. The Labute approximate surface area is 175 Å². The average Bonchev–Trinajstić information content (AvgIpc) is 2.75. The normalized spacial score (nSPS) is 16.3. The van der Waals surface area contributed by atoms with E-state index in [1.807, 2.05) is 0 Å². The molecule has 2 N–H and O–H groups in total. The number of hydrogen-bond donors (Lipinski definition) is 2. The van der Waals surface area contributed by atoms with E-state index < -0.39 is 17.7 Å². The molecule has 0 saturated carbocycles. The van der Waals surface area contributed by atoms with Gasteiger partial charge in [-0.2, -0.15) is 0 Å². The number of hydrogen-bond acceptors (Lipinski definition) is 5. The molecular formula is C23H27FN2O4. The molecule has 1 aliphatic rings. The van der Waals surface area contributed by atoms with Gasteiger partial charge in [-0.05, 0) is 74.1 Å². The molecule has 1 heterocycles. The van der Waals surface area contributed by atoms with Crippen LogP contribution >= 0.6 is 0 Å². The third-order valence-corrected chi connectivity index (χ3v) is 5.53. The molecule has 0 radical (unpaired) electrons. The molecular weight excluding hydrogens is 387 g/mol. The summed E-state index contributed by atoms with van der Waals surface area (Å²) in [5.41, 5.74) is 3.01. The van der Waals surface area contributed by atoms with Crippen LogP contribution in [0.5, 0.6) is 0 Å². The van der Waals surface area contributed by atoms with E-state index >= 15 is 0 Å². The number of carbonyl (C=O) groups excluding carboxylic acids is 2. The summed E-state index contributed by atoms with van der Waals surface area (Å²) in [4.78, 5) is 26.7. The molecule has 2 aromatic carbocycles. The standard InChI is InChI=1S/C23H27FN2O4/c1-14-9-17(23(29)30-3)10-15(2)21(14)25-22(28)19-11-18(6-7-20(19)24)26-8-4-5-16(12-26)13-27/h6-7,9-11,16,27H,4-5,8,12-13H2,1-3H3,(H,25,28)/t16-/m0/s1. The van der Waals surface area contributed by atoms with Gasteiger partial charge in [-0.3, -0.25) is 4.79 Å². The Hall–Kier alpha value is -2.93. The first-order valence-electron chi connectivity index (χ1n) is 10.00. The van der Waals surface area contributed by atoms with E-state index in [2.05, 4.69) is 10.2 Å².